The number of thioether (sulfide) groups is 1. The number of benzene rings is 2. The molecule has 3 aromatic rings. The summed E-state index contributed by atoms with van der Waals surface area (Å²) in [5, 5.41) is -0.346. The molecule has 26 heavy (non-hydrogen) atoms. The van der Waals surface area contributed by atoms with Gasteiger partial charge in [0.25, 0.3) is 11.1 Å². The number of aromatic nitrogens is 2. The van der Waals surface area contributed by atoms with E-state index < -0.39 is 0 Å². The van der Waals surface area contributed by atoms with Crippen molar-refractivity contribution in [3.8, 4) is 5.75 Å². The summed E-state index contributed by atoms with van der Waals surface area (Å²) >= 11 is 0.903. The summed E-state index contributed by atoms with van der Waals surface area (Å²) in [5.41, 5.74) is 2.64. The van der Waals surface area contributed by atoms with E-state index in [1.807, 2.05) is 18.2 Å². The van der Waals surface area contributed by atoms with Gasteiger partial charge < -0.3 is 4.74 Å². The predicted octanol–water partition coefficient (Wildman–Crippen LogP) is 3.88. The third kappa shape index (κ3) is 2.82. The van der Waals surface area contributed by atoms with Gasteiger partial charge in [-0.25, -0.2) is 4.90 Å². The molecule has 128 valence electrons. The van der Waals surface area contributed by atoms with E-state index in [1.54, 1.807) is 42.7 Å². The number of ether oxygens (including phenoxy) is 1. The largest absolute Gasteiger partial charge is 0.497 e. The number of rotatable bonds is 3. The van der Waals surface area contributed by atoms with E-state index in [2.05, 4.69) is 9.97 Å². The second-order valence-corrected chi connectivity index (χ2v) is 6.48. The topological polar surface area (TPSA) is 72.4 Å². The zero-order chi connectivity index (χ0) is 18.1. The van der Waals surface area contributed by atoms with Crippen LogP contribution in [0.1, 0.15) is 5.56 Å². The highest BCUT2D eigenvalue weighted by atomic mass is 32.2. The first-order valence-corrected chi connectivity index (χ1v) is 8.61. The van der Waals surface area contributed by atoms with Gasteiger partial charge in [0.15, 0.2) is 0 Å². The average molecular weight is 363 g/mol. The molecule has 4 rings (SSSR count). The Kier molecular flexibility index (Phi) is 4.14. The lowest BCUT2D eigenvalue weighted by Crippen LogP contribution is -2.27. The minimum atomic E-state index is -0.367. The lowest BCUT2D eigenvalue weighted by molar-refractivity contribution is -0.113. The summed E-state index contributed by atoms with van der Waals surface area (Å²) in [6.45, 7) is 0. The quantitative estimate of drug-likeness (QED) is 0.658. The molecule has 0 atom stereocenters. The summed E-state index contributed by atoms with van der Waals surface area (Å²) in [6, 6.07) is 12.4. The Morgan fingerprint density at radius 2 is 1.88 bits per heavy atom. The molecule has 0 spiro atoms. The first-order chi connectivity index (χ1) is 12.7. The number of carbonyl (C=O) groups is 2. The fourth-order valence-corrected chi connectivity index (χ4v) is 3.54. The zero-order valence-corrected chi connectivity index (χ0v) is 14.6. The predicted molar refractivity (Wildman–Crippen MR) is 101 cm³/mol. The van der Waals surface area contributed by atoms with E-state index in [-0.39, 0.29) is 11.1 Å². The molecule has 1 aromatic heterocycles. The summed E-state index contributed by atoms with van der Waals surface area (Å²) < 4.78 is 5.17. The molecule has 0 unspecified atom stereocenters. The van der Waals surface area contributed by atoms with Gasteiger partial charge in [0.1, 0.15) is 5.75 Å². The second kappa shape index (κ2) is 6.61. The maximum Gasteiger partial charge on any atom is 0.298 e. The molecule has 7 heteroatoms. The average Bonchev–Trinajstić information content (AvgIpc) is 2.95. The first-order valence-electron chi connectivity index (χ1n) is 7.79. The molecule has 0 N–H and O–H groups in total. The van der Waals surface area contributed by atoms with Crippen LogP contribution in [-0.4, -0.2) is 28.2 Å². The van der Waals surface area contributed by atoms with E-state index in [4.69, 9.17) is 4.74 Å². The highest BCUT2D eigenvalue weighted by Gasteiger charge is 2.36. The minimum absolute atomic E-state index is 0.343. The number of hydrogen-bond donors (Lipinski definition) is 0. The molecule has 1 fully saturated rings. The monoisotopic (exact) mass is 363 g/mol. The highest BCUT2D eigenvalue weighted by Crippen LogP contribution is 2.37. The van der Waals surface area contributed by atoms with Gasteiger partial charge in [-0.05, 0) is 36.0 Å². The van der Waals surface area contributed by atoms with Crippen molar-refractivity contribution in [2.75, 3.05) is 12.0 Å². The van der Waals surface area contributed by atoms with E-state index >= 15 is 0 Å². The fraction of sp³-hybridized carbons (Fsp3) is 0.0526. The van der Waals surface area contributed by atoms with Crippen LogP contribution in [0, 0.1) is 0 Å². The molecular weight excluding hydrogens is 350 g/mol. The molecule has 2 heterocycles. The maximum atomic E-state index is 12.8. The molecule has 6 nitrogen and oxygen atoms in total. The van der Waals surface area contributed by atoms with Crippen LogP contribution in [0.3, 0.4) is 0 Å². The Balaban J connectivity index is 1.73. The van der Waals surface area contributed by atoms with Crippen LogP contribution in [0.25, 0.3) is 17.1 Å². The van der Waals surface area contributed by atoms with Crippen LogP contribution >= 0.6 is 11.8 Å². The van der Waals surface area contributed by atoms with Crippen molar-refractivity contribution in [3.05, 3.63) is 65.3 Å². The van der Waals surface area contributed by atoms with Crippen molar-refractivity contribution in [3.63, 3.8) is 0 Å². The summed E-state index contributed by atoms with van der Waals surface area (Å²) in [7, 11) is 1.54. The van der Waals surface area contributed by atoms with Gasteiger partial charge in [-0.15, -0.1) is 0 Å². The van der Waals surface area contributed by atoms with Crippen LogP contribution in [0.2, 0.25) is 0 Å². The minimum Gasteiger partial charge on any atom is -0.497 e. The molecule has 2 aromatic carbocycles. The number of nitrogens with zero attached hydrogens (tertiary/aromatic N) is 3. The van der Waals surface area contributed by atoms with E-state index in [0.717, 1.165) is 27.7 Å². The number of amides is 2. The SMILES string of the molecule is COc1cccc(N2C(=O)SC(=Cc3cccc4nccnc34)C2=O)c1. The van der Waals surface area contributed by atoms with Gasteiger partial charge in [-0.3, -0.25) is 19.6 Å². The van der Waals surface area contributed by atoms with E-state index in [0.29, 0.717) is 21.9 Å². The number of para-hydroxylation sites is 1. The molecule has 1 aliphatic rings. The molecule has 0 saturated carbocycles. The molecule has 1 saturated heterocycles. The summed E-state index contributed by atoms with van der Waals surface area (Å²) in [6.07, 6.45) is 4.90. The van der Waals surface area contributed by atoms with Crippen LogP contribution in [0.4, 0.5) is 10.5 Å². The summed E-state index contributed by atoms with van der Waals surface area (Å²) in [5.74, 6) is 0.212. The molecule has 2 amide bonds. The smallest absolute Gasteiger partial charge is 0.298 e. The lowest BCUT2D eigenvalue weighted by atomic mass is 10.1. The Morgan fingerprint density at radius 1 is 1.08 bits per heavy atom. The molecule has 1 aliphatic heterocycles. The molecular formula is C19H13N3O3S. The standard InChI is InChI=1S/C19H13N3O3S/c1-25-14-6-3-5-13(11-14)22-18(23)16(26-19(22)24)10-12-4-2-7-15-17(12)21-9-8-20-15/h2-11H,1H3. The van der Waals surface area contributed by atoms with Crippen LogP contribution in [0.5, 0.6) is 5.75 Å². The van der Waals surface area contributed by atoms with Gasteiger partial charge in [0.2, 0.25) is 0 Å². The third-order valence-electron chi connectivity index (χ3n) is 3.92. The van der Waals surface area contributed by atoms with Crippen molar-refractivity contribution >= 4 is 45.7 Å². The number of fused-ring (bicyclic) bond motifs is 1. The summed E-state index contributed by atoms with van der Waals surface area (Å²) in [4.78, 5) is 35.3. The third-order valence-corrected chi connectivity index (χ3v) is 4.79. The first kappa shape index (κ1) is 16.3. The van der Waals surface area contributed by atoms with Gasteiger partial charge in [-0.1, -0.05) is 18.2 Å². The number of methoxy groups -OCH3 is 1. The number of carbonyl (C=O) groups excluding carboxylic acids is 2. The number of imide groups is 1. The molecule has 0 aliphatic carbocycles. The number of anilines is 1. The molecule has 0 bridgehead atoms. The van der Waals surface area contributed by atoms with Gasteiger partial charge in [0.05, 0.1) is 28.7 Å². The van der Waals surface area contributed by atoms with Gasteiger partial charge in [-0.2, -0.15) is 0 Å². The van der Waals surface area contributed by atoms with Crippen molar-refractivity contribution in [2.45, 2.75) is 0 Å². The Labute approximate surface area is 153 Å². The normalized spacial score (nSPS) is 15.9. The molecule has 0 radical (unpaired) electrons. The lowest BCUT2D eigenvalue weighted by Gasteiger charge is -2.13. The highest BCUT2D eigenvalue weighted by molar-refractivity contribution is 8.19. The van der Waals surface area contributed by atoms with Crippen LogP contribution in [-0.2, 0) is 4.79 Å². The Bertz CT molecular complexity index is 1060. The van der Waals surface area contributed by atoms with Gasteiger partial charge >= 0.3 is 0 Å². The zero-order valence-electron chi connectivity index (χ0n) is 13.7. The van der Waals surface area contributed by atoms with Gasteiger partial charge in [0, 0.05) is 24.0 Å². The van der Waals surface area contributed by atoms with Crippen LogP contribution in [0.15, 0.2) is 59.8 Å². The van der Waals surface area contributed by atoms with Crippen molar-refractivity contribution < 1.29 is 14.3 Å². The Morgan fingerprint density at radius 3 is 2.73 bits per heavy atom. The number of hydrogen-bond acceptors (Lipinski definition) is 6. The van der Waals surface area contributed by atoms with Crippen molar-refractivity contribution in [1.82, 2.24) is 9.97 Å². The second-order valence-electron chi connectivity index (χ2n) is 5.49. The Hall–Kier alpha value is -3.19. The maximum absolute atomic E-state index is 12.8. The van der Waals surface area contributed by atoms with E-state index in [9.17, 15) is 9.59 Å². The van der Waals surface area contributed by atoms with Crippen molar-refractivity contribution in [1.29, 1.82) is 0 Å². The van der Waals surface area contributed by atoms with Crippen molar-refractivity contribution in [2.24, 2.45) is 0 Å². The fourth-order valence-electron chi connectivity index (χ4n) is 2.71. The van der Waals surface area contributed by atoms with E-state index in [1.165, 1.54) is 7.11 Å². The van der Waals surface area contributed by atoms with Crippen LogP contribution < -0.4 is 9.64 Å².